The van der Waals surface area contributed by atoms with Gasteiger partial charge in [0.2, 0.25) is 5.91 Å². The molecule has 4 heteroatoms. The quantitative estimate of drug-likeness (QED) is 0.886. The first-order valence-electron chi connectivity index (χ1n) is 6.60. The van der Waals surface area contributed by atoms with Gasteiger partial charge in [-0.15, -0.1) is 0 Å². The Morgan fingerprint density at radius 1 is 1.15 bits per heavy atom. The van der Waals surface area contributed by atoms with Gasteiger partial charge in [-0.2, -0.15) is 0 Å². The van der Waals surface area contributed by atoms with Crippen molar-refractivity contribution in [2.75, 3.05) is 17.2 Å². The Morgan fingerprint density at radius 2 is 1.90 bits per heavy atom. The number of halogens is 1. The number of hydrogen-bond acceptors (Lipinski definition) is 2. The third-order valence-electron chi connectivity index (χ3n) is 3.51. The highest BCUT2D eigenvalue weighted by molar-refractivity contribution is 6.30. The van der Waals surface area contributed by atoms with Gasteiger partial charge in [0.05, 0.1) is 5.92 Å². The van der Waals surface area contributed by atoms with Crippen LogP contribution in [0.15, 0.2) is 48.5 Å². The number of benzene rings is 2. The number of anilines is 2. The molecule has 1 atom stereocenters. The predicted molar refractivity (Wildman–Crippen MR) is 82.2 cm³/mol. The Morgan fingerprint density at radius 3 is 2.70 bits per heavy atom. The largest absolute Gasteiger partial charge is 0.384 e. The number of amides is 1. The minimum atomic E-state index is -0.0550. The van der Waals surface area contributed by atoms with Crippen LogP contribution in [0.3, 0.4) is 0 Å². The highest BCUT2D eigenvalue weighted by atomic mass is 35.5. The van der Waals surface area contributed by atoms with Gasteiger partial charge in [-0.25, -0.2) is 0 Å². The van der Waals surface area contributed by atoms with Crippen LogP contribution in [0.25, 0.3) is 0 Å². The van der Waals surface area contributed by atoms with Gasteiger partial charge in [0.25, 0.3) is 0 Å². The van der Waals surface area contributed by atoms with Gasteiger partial charge in [0.1, 0.15) is 0 Å². The van der Waals surface area contributed by atoms with E-state index in [4.69, 9.17) is 11.6 Å². The van der Waals surface area contributed by atoms with E-state index in [2.05, 4.69) is 16.7 Å². The van der Waals surface area contributed by atoms with Crippen molar-refractivity contribution in [2.45, 2.75) is 6.42 Å². The fraction of sp³-hybridized carbons (Fsp3) is 0.188. The number of rotatable bonds is 2. The van der Waals surface area contributed by atoms with Crippen molar-refractivity contribution in [3.05, 3.63) is 59.1 Å². The summed E-state index contributed by atoms with van der Waals surface area (Å²) in [5, 5.41) is 6.90. The Bertz CT molecular complexity index is 625. The van der Waals surface area contributed by atoms with Crippen molar-refractivity contribution >= 4 is 28.9 Å². The molecule has 0 aromatic heterocycles. The molecule has 0 bridgehead atoms. The van der Waals surface area contributed by atoms with Gasteiger partial charge >= 0.3 is 0 Å². The number of carbonyl (C=O) groups is 1. The van der Waals surface area contributed by atoms with Crippen LogP contribution in [0.5, 0.6) is 0 Å². The van der Waals surface area contributed by atoms with E-state index in [1.165, 1.54) is 5.56 Å². The van der Waals surface area contributed by atoms with Gasteiger partial charge in [0, 0.05) is 22.9 Å². The lowest BCUT2D eigenvalue weighted by molar-refractivity contribution is -0.119. The van der Waals surface area contributed by atoms with Crippen LogP contribution >= 0.6 is 11.6 Å². The Kier molecular flexibility index (Phi) is 3.61. The third kappa shape index (κ3) is 2.78. The summed E-state index contributed by atoms with van der Waals surface area (Å²) in [4.78, 5) is 12.3. The third-order valence-corrected chi connectivity index (χ3v) is 3.76. The molecule has 0 aliphatic carbocycles. The second-order valence-electron chi connectivity index (χ2n) is 4.94. The van der Waals surface area contributed by atoms with E-state index in [-0.39, 0.29) is 11.8 Å². The van der Waals surface area contributed by atoms with Crippen LogP contribution in [-0.2, 0) is 11.2 Å². The van der Waals surface area contributed by atoms with E-state index in [0.717, 1.165) is 17.8 Å². The summed E-state index contributed by atoms with van der Waals surface area (Å²) in [7, 11) is 0. The summed E-state index contributed by atoms with van der Waals surface area (Å²) in [6.07, 6.45) is 0.766. The maximum absolute atomic E-state index is 12.3. The molecule has 0 spiro atoms. The lowest BCUT2D eigenvalue weighted by Crippen LogP contribution is -2.33. The molecule has 1 aliphatic heterocycles. The second kappa shape index (κ2) is 5.55. The molecule has 2 N–H and O–H groups in total. The molecule has 3 nitrogen and oxygen atoms in total. The zero-order valence-electron chi connectivity index (χ0n) is 10.9. The molecule has 0 radical (unpaired) electrons. The molecule has 0 saturated heterocycles. The fourth-order valence-electron chi connectivity index (χ4n) is 2.40. The molecule has 1 aliphatic rings. The number of para-hydroxylation sites is 1. The van der Waals surface area contributed by atoms with Gasteiger partial charge in [-0.05, 0) is 42.3 Å². The summed E-state index contributed by atoms with van der Waals surface area (Å²) >= 11 is 5.83. The predicted octanol–water partition coefficient (Wildman–Crippen LogP) is 3.56. The molecule has 1 amide bonds. The molecule has 3 rings (SSSR count). The van der Waals surface area contributed by atoms with Gasteiger partial charge in [-0.3, -0.25) is 4.79 Å². The smallest absolute Gasteiger partial charge is 0.229 e. The van der Waals surface area contributed by atoms with Crippen LogP contribution in [0.4, 0.5) is 11.4 Å². The minimum Gasteiger partial charge on any atom is -0.384 e. The average molecular weight is 287 g/mol. The summed E-state index contributed by atoms with van der Waals surface area (Å²) in [6.45, 7) is 0.663. The standard InChI is InChI=1S/C16H15ClN2O/c17-13-5-7-14(8-6-13)19-16(20)12-9-11-3-1-2-4-15(11)18-10-12/h1-8,12,18H,9-10H2,(H,19,20). The van der Waals surface area contributed by atoms with Crippen molar-refractivity contribution in [1.82, 2.24) is 0 Å². The fourth-order valence-corrected chi connectivity index (χ4v) is 2.53. The average Bonchev–Trinajstić information content (AvgIpc) is 2.49. The van der Waals surface area contributed by atoms with Crippen molar-refractivity contribution in [3.8, 4) is 0 Å². The van der Waals surface area contributed by atoms with E-state index in [9.17, 15) is 4.79 Å². The van der Waals surface area contributed by atoms with E-state index in [0.29, 0.717) is 11.6 Å². The van der Waals surface area contributed by atoms with Crippen LogP contribution in [0, 0.1) is 5.92 Å². The van der Waals surface area contributed by atoms with Crippen LogP contribution in [0.1, 0.15) is 5.56 Å². The molecule has 1 heterocycles. The Labute approximate surface area is 123 Å². The van der Waals surface area contributed by atoms with E-state index in [1.807, 2.05) is 30.3 Å². The van der Waals surface area contributed by atoms with E-state index < -0.39 is 0 Å². The van der Waals surface area contributed by atoms with Crippen LogP contribution in [0.2, 0.25) is 5.02 Å². The zero-order chi connectivity index (χ0) is 13.9. The van der Waals surface area contributed by atoms with Gasteiger partial charge in [-0.1, -0.05) is 29.8 Å². The molecular formula is C16H15ClN2O. The van der Waals surface area contributed by atoms with Crippen molar-refractivity contribution in [3.63, 3.8) is 0 Å². The van der Waals surface area contributed by atoms with Crippen LogP contribution < -0.4 is 10.6 Å². The molecule has 102 valence electrons. The number of nitrogens with one attached hydrogen (secondary N) is 2. The highest BCUT2D eigenvalue weighted by Crippen LogP contribution is 2.25. The number of fused-ring (bicyclic) bond motifs is 1. The summed E-state index contributed by atoms with van der Waals surface area (Å²) < 4.78 is 0. The van der Waals surface area contributed by atoms with Gasteiger partial charge in [0.15, 0.2) is 0 Å². The second-order valence-corrected chi connectivity index (χ2v) is 5.37. The first-order chi connectivity index (χ1) is 9.72. The van der Waals surface area contributed by atoms with Crippen molar-refractivity contribution < 1.29 is 4.79 Å². The van der Waals surface area contributed by atoms with Gasteiger partial charge < -0.3 is 10.6 Å². The normalized spacial score (nSPS) is 16.9. The zero-order valence-corrected chi connectivity index (χ0v) is 11.7. The summed E-state index contributed by atoms with van der Waals surface area (Å²) in [5.41, 5.74) is 3.09. The minimum absolute atomic E-state index is 0.0364. The lowest BCUT2D eigenvalue weighted by atomic mass is 9.93. The molecule has 20 heavy (non-hydrogen) atoms. The highest BCUT2D eigenvalue weighted by Gasteiger charge is 2.24. The topological polar surface area (TPSA) is 41.1 Å². The molecule has 0 fully saturated rings. The molecule has 2 aromatic rings. The Hall–Kier alpha value is -2.00. The molecular weight excluding hydrogens is 272 g/mol. The monoisotopic (exact) mass is 286 g/mol. The first kappa shape index (κ1) is 13.0. The Balaban J connectivity index is 1.68. The van der Waals surface area contributed by atoms with E-state index in [1.54, 1.807) is 12.1 Å². The lowest BCUT2D eigenvalue weighted by Gasteiger charge is -2.25. The molecule has 0 saturated carbocycles. The summed E-state index contributed by atoms with van der Waals surface area (Å²) in [6, 6.07) is 15.3. The van der Waals surface area contributed by atoms with Crippen molar-refractivity contribution in [1.29, 1.82) is 0 Å². The van der Waals surface area contributed by atoms with Crippen LogP contribution in [-0.4, -0.2) is 12.5 Å². The summed E-state index contributed by atoms with van der Waals surface area (Å²) in [5.74, 6) is -0.0186. The molecule has 2 aromatic carbocycles. The van der Waals surface area contributed by atoms with Crippen molar-refractivity contribution in [2.24, 2.45) is 5.92 Å². The molecule has 1 unspecified atom stereocenters. The van der Waals surface area contributed by atoms with E-state index >= 15 is 0 Å². The maximum Gasteiger partial charge on any atom is 0.229 e. The number of carbonyl (C=O) groups excluding carboxylic acids is 1. The number of hydrogen-bond donors (Lipinski definition) is 2. The SMILES string of the molecule is O=C(Nc1ccc(Cl)cc1)C1CNc2ccccc2C1. The maximum atomic E-state index is 12.3. The first-order valence-corrected chi connectivity index (χ1v) is 6.98.